The van der Waals surface area contributed by atoms with Gasteiger partial charge in [-0.25, -0.2) is 8.78 Å². The molecule has 0 aromatic carbocycles. The van der Waals surface area contributed by atoms with Gasteiger partial charge in [0, 0.05) is 13.0 Å². The highest BCUT2D eigenvalue weighted by molar-refractivity contribution is 5.85. The van der Waals surface area contributed by atoms with E-state index in [2.05, 4.69) is 5.32 Å². The van der Waals surface area contributed by atoms with Gasteiger partial charge in [0.2, 0.25) is 11.8 Å². The molecule has 1 saturated heterocycles. The Morgan fingerprint density at radius 3 is 2.75 bits per heavy atom. The van der Waals surface area contributed by atoms with Crippen LogP contribution in [0.1, 0.15) is 12.8 Å². The van der Waals surface area contributed by atoms with Crippen LogP contribution in [0, 0.1) is 0 Å². The van der Waals surface area contributed by atoms with Crippen LogP contribution in [0.3, 0.4) is 0 Å². The van der Waals surface area contributed by atoms with Gasteiger partial charge in [0.05, 0.1) is 19.6 Å². The number of carbonyl (C=O) groups is 2. The van der Waals surface area contributed by atoms with Gasteiger partial charge in [0.25, 0.3) is 5.92 Å². The van der Waals surface area contributed by atoms with E-state index in [0.717, 1.165) is 0 Å². The van der Waals surface area contributed by atoms with Gasteiger partial charge in [-0.15, -0.1) is 0 Å². The second-order valence-corrected chi connectivity index (χ2v) is 3.76. The summed E-state index contributed by atoms with van der Waals surface area (Å²) >= 11 is 0. The van der Waals surface area contributed by atoms with Crippen LogP contribution >= 0.6 is 0 Å². The summed E-state index contributed by atoms with van der Waals surface area (Å²) in [7, 11) is 0. The molecule has 0 atom stereocenters. The largest absolute Gasteiger partial charge is 0.348 e. The molecule has 0 unspecified atom stereocenters. The van der Waals surface area contributed by atoms with Crippen molar-refractivity contribution in [3.8, 4) is 0 Å². The second-order valence-electron chi connectivity index (χ2n) is 3.76. The maximum atomic E-state index is 12.7. The van der Waals surface area contributed by atoms with E-state index in [1.807, 2.05) is 0 Å². The molecular formula is C9H15F2N3O2. The average molecular weight is 235 g/mol. The van der Waals surface area contributed by atoms with E-state index in [-0.39, 0.29) is 12.5 Å². The lowest BCUT2D eigenvalue weighted by molar-refractivity contribution is -0.133. The summed E-state index contributed by atoms with van der Waals surface area (Å²) in [6.45, 7) is -1.24. The number of rotatable bonds is 5. The molecule has 1 rings (SSSR count). The minimum Gasteiger partial charge on any atom is -0.348 e. The third-order valence-corrected chi connectivity index (χ3v) is 2.35. The van der Waals surface area contributed by atoms with Crippen LogP contribution in [-0.2, 0) is 9.59 Å². The summed E-state index contributed by atoms with van der Waals surface area (Å²) < 4.78 is 25.4. The normalized spacial score (nSPS) is 16.7. The fourth-order valence-electron chi connectivity index (χ4n) is 1.40. The minimum absolute atomic E-state index is 0.110. The molecule has 1 aliphatic heterocycles. The topological polar surface area (TPSA) is 75.4 Å². The van der Waals surface area contributed by atoms with Gasteiger partial charge in [-0.3, -0.25) is 9.59 Å². The molecule has 0 aliphatic carbocycles. The fourth-order valence-corrected chi connectivity index (χ4v) is 1.40. The first kappa shape index (κ1) is 12.8. The molecule has 0 aromatic rings. The van der Waals surface area contributed by atoms with E-state index in [9.17, 15) is 18.4 Å². The van der Waals surface area contributed by atoms with Crippen LogP contribution < -0.4 is 11.1 Å². The number of likely N-dealkylation sites (tertiary alicyclic amines) is 1. The van der Waals surface area contributed by atoms with Crippen molar-refractivity contribution in [3.05, 3.63) is 0 Å². The number of hydrogen-bond donors (Lipinski definition) is 2. The first-order valence-electron chi connectivity index (χ1n) is 5.07. The first-order valence-corrected chi connectivity index (χ1v) is 5.07. The summed E-state index contributed by atoms with van der Waals surface area (Å²) in [6, 6.07) is 0. The van der Waals surface area contributed by atoms with Gasteiger partial charge in [0.15, 0.2) is 0 Å². The van der Waals surface area contributed by atoms with Crippen LogP contribution in [0.4, 0.5) is 8.78 Å². The molecule has 0 aromatic heterocycles. The molecule has 3 N–H and O–H groups in total. The zero-order valence-electron chi connectivity index (χ0n) is 8.84. The molecule has 0 spiro atoms. The van der Waals surface area contributed by atoms with E-state index >= 15 is 0 Å². The summed E-state index contributed by atoms with van der Waals surface area (Å²) in [5.41, 5.74) is 4.81. The molecule has 2 amide bonds. The lowest BCUT2D eigenvalue weighted by Crippen LogP contribution is -2.45. The van der Waals surface area contributed by atoms with E-state index in [1.54, 1.807) is 0 Å². The highest BCUT2D eigenvalue weighted by atomic mass is 19.3. The monoisotopic (exact) mass is 235 g/mol. The van der Waals surface area contributed by atoms with Gasteiger partial charge in [-0.1, -0.05) is 0 Å². The highest BCUT2D eigenvalue weighted by Crippen LogP contribution is 2.10. The Labute approximate surface area is 92.0 Å². The van der Waals surface area contributed by atoms with Crippen molar-refractivity contribution < 1.29 is 18.4 Å². The molecule has 16 heavy (non-hydrogen) atoms. The molecule has 1 heterocycles. The fraction of sp³-hybridized carbons (Fsp3) is 0.778. The molecule has 92 valence electrons. The van der Waals surface area contributed by atoms with Crippen LogP contribution in [0.2, 0.25) is 0 Å². The SMILES string of the molecule is NCC(F)(F)CNC(=O)CN1CCCC1=O. The predicted molar refractivity (Wildman–Crippen MR) is 52.8 cm³/mol. The van der Waals surface area contributed by atoms with Crippen molar-refractivity contribution in [2.24, 2.45) is 5.73 Å². The molecule has 5 nitrogen and oxygen atoms in total. The Balaban J connectivity index is 2.28. The van der Waals surface area contributed by atoms with Crippen LogP contribution in [0.5, 0.6) is 0 Å². The molecule has 1 fully saturated rings. The molecule has 0 bridgehead atoms. The summed E-state index contributed by atoms with van der Waals surface area (Å²) in [4.78, 5) is 23.7. The lowest BCUT2D eigenvalue weighted by atomic mass is 10.3. The van der Waals surface area contributed by atoms with Gasteiger partial charge in [-0.2, -0.15) is 0 Å². The predicted octanol–water partition coefficient (Wildman–Crippen LogP) is -0.681. The lowest BCUT2D eigenvalue weighted by Gasteiger charge is -2.17. The zero-order valence-corrected chi connectivity index (χ0v) is 8.84. The molecular weight excluding hydrogens is 220 g/mol. The van der Waals surface area contributed by atoms with E-state index in [4.69, 9.17) is 5.73 Å². The summed E-state index contributed by atoms with van der Waals surface area (Å²) in [5, 5.41) is 2.06. The van der Waals surface area contributed by atoms with Crippen molar-refractivity contribution in [1.29, 1.82) is 0 Å². The molecule has 7 heteroatoms. The van der Waals surface area contributed by atoms with Crippen molar-refractivity contribution in [3.63, 3.8) is 0 Å². The van der Waals surface area contributed by atoms with Gasteiger partial charge < -0.3 is 16.0 Å². The Hall–Kier alpha value is -1.24. The van der Waals surface area contributed by atoms with E-state index in [0.29, 0.717) is 19.4 Å². The summed E-state index contributed by atoms with van der Waals surface area (Å²) in [6.07, 6.45) is 1.14. The van der Waals surface area contributed by atoms with E-state index in [1.165, 1.54) is 4.90 Å². The van der Waals surface area contributed by atoms with Crippen molar-refractivity contribution in [1.82, 2.24) is 10.2 Å². The second kappa shape index (κ2) is 5.20. The van der Waals surface area contributed by atoms with Crippen molar-refractivity contribution >= 4 is 11.8 Å². The number of halogens is 2. The average Bonchev–Trinajstić information content (AvgIpc) is 2.62. The molecule has 0 radical (unpaired) electrons. The smallest absolute Gasteiger partial charge is 0.277 e. The minimum atomic E-state index is -3.09. The van der Waals surface area contributed by atoms with Gasteiger partial charge in [0.1, 0.15) is 0 Å². The van der Waals surface area contributed by atoms with Gasteiger partial charge >= 0.3 is 0 Å². The molecule has 1 aliphatic rings. The van der Waals surface area contributed by atoms with Crippen LogP contribution in [0.15, 0.2) is 0 Å². The Kier molecular flexibility index (Phi) is 4.17. The number of nitrogens with one attached hydrogen (secondary N) is 1. The summed E-state index contributed by atoms with van der Waals surface area (Å²) in [5.74, 6) is -3.78. The third-order valence-electron chi connectivity index (χ3n) is 2.35. The Bertz CT molecular complexity index is 284. The zero-order chi connectivity index (χ0) is 12.2. The quantitative estimate of drug-likeness (QED) is 0.663. The highest BCUT2D eigenvalue weighted by Gasteiger charge is 2.28. The number of nitrogens with two attached hydrogens (primary N) is 1. The van der Waals surface area contributed by atoms with E-state index < -0.39 is 24.9 Å². The number of hydrogen-bond acceptors (Lipinski definition) is 3. The van der Waals surface area contributed by atoms with Crippen molar-refractivity contribution in [2.45, 2.75) is 18.8 Å². The third kappa shape index (κ3) is 3.73. The number of carbonyl (C=O) groups excluding carboxylic acids is 2. The Morgan fingerprint density at radius 2 is 2.25 bits per heavy atom. The van der Waals surface area contributed by atoms with Crippen LogP contribution in [0.25, 0.3) is 0 Å². The van der Waals surface area contributed by atoms with Crippen molar-refractivity contribution in [2.75, 3.05) is 26.2 Å². The van der Waals surface area contributed by atoms with Crippen LogP contribution in [-0.4, -0.2) is 48.8 Å². The maximum absolute atomic E-state index is 12.7. The Morgan fingerprint density at radius 1 is 1.56 bits per heavy atom. The standard InChI is InChI=1S/C9H15F2N3O2/c10-9(11,5-12)6-13-7(15)4-14-3-1-2-8(14)16/h1-6,12H2,(H,13,15). The number of alkyl halides is 2. The maximum Gasteiger partial charge on any atom is 0.277 e. The first-order chi connectivity index (χ1) is 7.44. The molecule has 0 saturated carbocycles. The number of nitrogens with zero attached hydrogens (tertiary/aromatic N) is 1. The number of amides is 2. The van der Waals surface area contributed by atoms with Gasteiger partial charge in [-0.05, 0) is 6.42 Å².